The number of benzene rings is 2. The summed E-state index contributed by atoms with van der Waals surface area (Å²) in [5, 5.41) is 0. The van der Waals surface area contributed by atoms with Gasteiger partial charge in [0.1, 0.15) is 11.6 Å². The maximum atomic E-state index is 13.6. The Morgan fingerprint density at radius 1 is 1.25 bits per heavy atom. The Labute approximate surface area is 126 Å². The van der Waals surface area contributed by atoms with E-state index in [1.54, 1.807) is 6.07 Å². The zero-order chi connectivity index (χ0) is 14.7. The highest BCUT2D eigenvalue weighted by Crippen LogP contribution is 2.30. The molecule has 0 bridgehead atoms. The number of nitrogens with two attached hydrogens (primary N) is 1. The van der Waals surface area contributed by atoms with Crippen LogP contribution in [0.15, 0.2) is 40.9 Å². The first-order valence-corrected chi connectivity index (χ1v) is 7.26. The third kappa shape index (κ3) is 3.19. The van der Waals surface area contributed by atoms with E-state index < -0.39 is 6.04 Å². The summed E-state index contributed by atoms with van der Waals surface area (Å²) < 4.78 is 19.7. The molecule has 0 spiro atoms. The van der Waals surface area contributed by atoms with Crippen LogP contribution in [-0.4, -0.2) is 6.61 Å². The van der Waals surface area contributed by atoms with E-state index >= 15 is 0 Å². The fourth-order valence-corrected chi connectivity index (χ4v) is 2.33. The smallest absolute Gasteiger partial charge is 0.137 e. The number of hydrogen-bond acceptors (Lipinski definition) is 2. The summed E-state index contributed by atoms with van der Waals surface area (Å²) in [7, 11) is 0. The second-order valence-electron chi connectivity index (χ2n) is 4.63. The summed E-state index contributed by atoms with van der Waals surface area (Å²) in [4.78, 5) is 0. The Balaban J connectivity index is 2.43. The lowest BCUT2D eigenvalue weighted by atomic mass is 9.97. The summed E-state index contributed by atoms with van der Waals surface area (Å²) >= 11 is 3.15. The molecule has 2 rings (SSSR count). The molecule has 2 aromatic carbocycles. The molecule has 0 aliphatic carbocycles. The summed E-state index contributed by atoms with van der Waals surface area (Å²) in [6.07, 6.45) is 0. The van der Waals surface area contributed by atoms with Gasteiger partial charge in [0.2, 0.25) is 0 Å². The summed E-state index contributed by atoms with van der Waals surface area (Å²) in [6, 6.07) is 10.4. The monoisotopic (exact) mass is 337 g/mol. The van der Waals surface area contributed by atoms with E-state index in [0.717, 1.165) is 22.4 Å². The third-order valence-electron chi connectivity index (χ3n) is 3.10. The van der Waals surface area contributed by atoms with Crippen molar-refractivity contribution in [1.29, 1.82) is 0 Å². The van der Waals surface area contributed by atoms with Crippen LogP contribution >= 0.6 is 15.9 Å². The SMILES string of the molecule is CCOc1ccc(C)cc1C(N)c1ccc(Br)c(F)c1. The maximum absolute atomic E-state index is 13.6. The van der Waals surface area contributed by atoms with Gasteiger partial charge >= 0.3 is 0 Å². The molecule has 1 unspecified atom stereocenters. The maximum Gasteiger partial charge on any atom is 0.137 e. The van der Waals surface area contributed by atoms with Crippen LogP contribution < -0.4 is 10.5 Å². The third-order valence-corrected chi connectivity index (χ3v) is 3.75. The van der Waals surface area contributed by atoms with E-state index in [0.29, 0.717) is 11.1 Å². The topological polar surface area (TPSA) is 35.2 Å². The van der Waals surface area contributed by atoms with Crippen molar-refractivity contribution >= 4 is 15.9 Å². The number of rotatable bonds is 4. The predicted octanol–water partition coefficient (Wildman–Crippen LogP) is 4.34. The van der Waals surface area contributed by atoms with Gasteiger partial charge in [-0.25, -0.2) is 4.39 Å². The van der Waals surface area contributed by atoms with Crippen LogP contribution in [0.5, 0.6) is 5.75 Å². The molecule has 0 saturated heterocycles. The minimum Gasteiger partial charge on any atom is -0.494 e. The first-order chi connectivity index (χ1) is 9.52. The molecule has 0 amide bonds. The van der Waals surface area contributed by atoms with Gasteiger partial charge in [0.15, 0.2) is 0 Å². The van der Waals surface area contributed by atoms with Crippen LogP contribution in [0.4, 0.5) is 4.39 Å². The average Bonchev–Trinajstić information content (AvgIpc) is 2.43. The van der Waals surface area contributed by atoms with E-state index in [4.69, 9.17) is 10.5 Å². The Bertz CT molecular complexity index is 615. The van der Waals surface area contributed by atoms with Gasteiger partial charge in [0.25, 0.3) is 0 Å². The summed E-state index contributed by atoms with van der Waals surface area (Å²) in [6.45, 7) is 4.49. The molecule has 0 aliphatic rings. The zero-order valence-electron chi connectivity index (χ0n) is 11.5. The molecule has 0 aromatic heterocycles. The fourth-order valence-electron chi connectivity index (χ4n) is 2.08. The Morgan fingerprint density at radius 2 is 2.00 bits per heavy atom. The lowest BCUT2D eigenvalue weighted by molar-refractivity contribution is 0.335. The van der Waals surface area contributed by atoms with Crippen molar-refractivity contribution in [3.05, 3.63) is 63.4 Å². The molecule has 106 valence electrons. The van der Waals surface area contributed by atoms with E-state index in [2.05, 4.69) is 15.9 Å². The average molecular weight is 338 g/mol. The standard InChI is InChI=1S/C16H17BrFNO/c1-3-20-15-7-4-10(2)8-12(15)16(19)11-5-6-13(17)14(18)9-11/h4-9,16H,3,19H2,1-2H3. The Kier molecular flexibility index (Phi) is 4.78. The van der Waals surface area contributed by atoms with Gasteiger partial charge in [0.05, 0.1) is 17.1 Å². The van der Waals surface area contributed by atoms with Crippen LogP contribution in [0.2, 0.25) is 0 Å². The number of ether oxygens (including phenoxy) is 1. The summed E-state index contributed by atoms with van der Waals surface area (Å²) in [5.74, 6) is 0.428. The van der Waals surface area contributed by atoms with E-state index in [1.165, 1.54) is 6.07 Å². The van der Waals surface area contributed by atoms with Crippen molar-refractivity contribution in [3.63, 3.8) is 0 Å². The van der Waals surface area contributed by atoms with E-state index in [-0.39, 0.29) is 5.82 Å². The van der Waals surface area contributed by atoms with E-state index in [9.17, 15) is 4.39 Å². The molecule has 2 aromatic rings. The Morgan fingerprint density at radius 3 is 2.65 bits per heavy atom. The Hall–Kier alpha value is -1.39. The van der Waals surface area contributed by atoms with Crippen LogP contribution in [-0.2, 0) is 0 Å². The molecule has 0 fully saturated rings. The van der Waals surface area contributed by atoms with Gasteiger partial charge in [-0.15, -0.1) is 0 Å². The molecule has 1 atom stereocenters. The van der Waals surface area contributed by atoms with Crippen LogP contribution in [0.3, 0.4) is 0 Å². The number of halogens is 2. The molecule has 4 heteroatoms. The van der Waals surface area contributed by atoms with Crippen LogP contribution in [0, 0.1) is 12.7 Å². The predicted molar refractivity (Wildman–Crippen MR) is 82.5 cm³/mol. The first kappa shape index (κ1) is 15.0. The van der Waals surface area contributed by atoms with Crippen LogP contribution in [0.1, 0.15) is 29.7 Å². The van der Waals surface area contributed by atoms with Gasteiger partial charge in [-0.2, -0.15) is 0 Å². The summed E-state index contributed by atoms with van der Waals surface area (Å²) in [5.41, 5.74) is 8.96. The molecule has 2 nitrogen and oxygen atoms in total. The van der Waals surface area contributed by atoms with Crippen molar-refractivity contribution < 1.29 is 9.13 Å². The van der Waals surface area contributed by atoms with Gasteiger partial charge in [0, 0.05) is 5.56 Å². The normalized spacial score (nSPS) is 12.2. The first-order valence-electron chi connectivity index (χ1n) is 6.46. The van der Waals surface area contributed by atoms with Gasteiger partial charge in [-0.3, -0.25) is 0 Å². The largest absolute Gasteiger partial charge is 0.494 e. The molecular weight excluding hydrogens is 321 g/mol. The molecular formula is C16H17BrFNO. The lowest BCUT2D eigenvalue weighted by Gasteiger charge is -2.18. The van der Waals surface area contributed by atoms with Crippen molar-refractivity contribution in [2.24, 2.45) is 5.73 Å². The van der Waals surface area contributed by atoms with Crippen molar-refractivity contribution in [1.82, 2.24) is 0 Å². The molecule has 2 N–H and O–H groups in total. The second-order valence-corrected chi connectivity index (χ2v) is 5.48. The van der Waals surface area contributed by atoms with Gasteiger partial charge in [-0.1, -0.05) is 23.8 Å². The molecule has 0 saturated carbocycles. The quantitative estimate of drug-likeness (QED) is 0.900. The number of aryl methyl sites for hydroxylation is 1. The van der Waals surface area contributed by atoms with E-state index in [1.807, 2.05) is 38.1 Å². The minimum atomic E-state index is -0.418. The van der Waals surface area contributed by atoms with Crippen molar-refractivity contribution in [2.45, 2.75) is 19.9 Å². The highest BCUT2D eigenvalue weighted by Gasteiger charge is 2.16. The molecule has 0 radical (unpaired) electrons. The van der Waals surface area contributed by atoms with Gasteiger partial charge < -0.3 is 10.5 Å². The van der Waals surface area contributed by atoms with Crippen LogP contribution in [0.25, 0.3) is 0 Å². The highest BCUT2D eigenvalue weighted by molar-refractivity contribution is 9.10. The highest BCUT2D eigenvalue weighted by atomic mass is 79.9. The van der Waals surface area contributed by atoms with Crippen molar-refractivity contribution in [3.8, 4) is 5.75 Å². The van der Waals surface area contributed by atoms with Crippen molar-refractivity contribution in [2.75, 3.05) is 6.61 Å². The fraction of sp³-hybridized carbons (Fsp3) is 0.250. The zero-order valence-corrected chi connectivity index (χ0v) is 13.1. The second kappa shape index (κ2) is 6.37. The molecule has 0 heterocycles. The lowest BCUT2D eigenvalue weighted by Crippen LogP contribution is -2.14. The van der Waals surface area contributed by atoms with Gasteiger partial charge in [-0.05, 0) is 53.5 Å². The molecule has 20 heavy (non-hydrogen) atoms. The number of hydrogen-bond donors (Lipinski definition) is 1. The minimum absolute atomic E-state index is 0.316. The molecule has 0 aliphatic heterocycles.